The van der Waals surface area contributed by atoms with Crippen molar-refractivity contribution in [2.75, 3.05) is 0 Å². The Morgan fingerprint density at radius 3 is 2.17 bits per heavy atom. The summed E-state index contributed by atoms with van der Waals surface area (Å²) in [6.45, 7) is 0. The minimum Gasteiger partial charge on any atom is -0.355 e. The zero-order valence-electron chi connectivity index (χ0n) is 13.2. The van der Waals surface area contributed by atoms with E-state index in [4.69, 9.17) is 4.98 Å². The lowest BCUT2D eigenvalue weighted by Gasteiger charge is -1.96. The molecule has 0 spiro atoms. The average Bonchev–Trinajstić information content (AvgIpc) is 3.32. The molecule has 1 aliphatic heterocycles. The van der Waals surface area contributed by atoms with Gasteiger partial charge in [-0.25, -0.2) is 4.98 Å². The Bertz CT molecular complexity index is 1220. The topological polar surface area (TPSA) is 49.4 Å². The lowest BCUT2D eigenvalue weighted by atomic mass is 10.3. The first kappa shape index (κ1) is 13.2. The molecule has 2 N–H and O–H groups in total. The number of fused-ring (bicyclic) bond motifs is 9. The zero-order chi connectivity index (χ0) is 16.1. The predicted octanol–water partition coefficient (Wildman–Crippen LogP) is 4.71. The highest BCUT2D eigenvalue weighted by atomic mass is 14.9. The molecular weight excluding hydrogens is 296 g/mol. The minimum atomic E-state index is 0.960. The average molecular weight is 312 g/mol. The van der Waals surface area contributed by atoms with Crippen LogP contribution in [0.25, 0.3) is 45.3 Å². The van der Waals surface area contributed by atoms with Gasteiger partial charge >= 0.3 is 0 Å². The van der Waals surface area contributed by atoms with Crippen LogP contribution in [0.3, 0.4) is 0 Å². The summed E-state index contributed by atoms with van der Waals surface area (Å²) in [5.41, 5.74) is 8.48. The van der Waals surface area contributed by atoms with E-state index in [9.17, 15) is 0 Å². The van der Waals surface area contributed by atoms with Gasteiger partial charge in [-0.05, 0) is 66.7 Å². The summed E-state index contributed by atoms with van der Waals surface area (Å²) in [4.78, 5) is 11.6. The quantitative estimate of drug-likeness (QED) is 0.427. The third-order valence-electron chi connectivity index (χ3n) is 4.46. The van der Waals surface area contributed by atoms with E-state index in [2.05, 4.69) is 88.3 Å². The highest BCUT2D eigenvalue weighted by Gasteiger charge is 2.04. The van der Waals surface area contributed by atoms with Crippen LogP contribution in [0, 0.1) is 0 Å². The van der Waals surface area contributed by atoms with Crippen LogP contribution in [-0.4, -0.2) is 19.5 Å². The molecule has 5 heterocycles. The number of nitrogens with zero attached hydrogens (tertiary/aromatic N) is 2. The molecule has 4 aromatic rings. The number of nitrogens with one attached hydrogen (secondary N) is 2. The highest BCUT2D eigenvalue weighted by molar-refractivity contribution is 5.82. The van der Waals surface area contributed by atoms with Gasteiger partial charge in [-0.3, -0.25) is 0 Å². The monoisotopic (exact) mass is 312 g/mol. The number of rotatable bonds is 0. The SMILES string of the molecule is Cn1c2ccc1c1nc(cc3ccc(cc4ccc(c2)[nH]4)[nH]3)C=C1. The molecule has 4 heteroatoms. The zero-order valence-corrected chi connectivity index (χ0v) is 13.2. The number of H-pyrrole nitrogens is 2. The van der Waals surface area contributed by atoms with Crippen LogP contribution in [0.5, 0.6) is 0 Å². The van der Waals surface area contributed by atoms with E-state index in [1.165, 1.54) is 0 Å². The van der Waals surface area contributed by atoms with Gasteiger partial charge in [0.2, 0.25) is 0 Å². The molecule has 0 amide bonds. The summed E-state index contributed by atoms with van der Waals surface area (Å²) in [6.07, 6.45) is 4.12. The van der Waals surface area contributed by atoms with Crippen molar-refractivity contribution in [2.45, 2.75) is 0 Å². The molecule has 116 valence electrons. The number of aromatic nitrogens is 4. The smallest absolute Gasteiger partial charge is 0.0874 e. The summed E-state index contributed by atoms with van der Waals surface area (Å²) in [6, 6.07) is 18.9. The van der Waals surface area contributed by atoms with Gasteiger partial charge in [0.15, 0.2) is 0 Å². The van der Waals surface area contributed by atoms with Crippen molar-refractivity contribution in [3.8, 4) is 0 Å². The van der Waals surface area contributed by atoms with Crippen molar-refractivity contribution < 1.29 is 0 Å². The van der Waals surface area contributed by atoms with Crippen LogP contribution in [0.4, 0.5) is 0 Å². The highest BCUT2D eigenvalue weighted by Crippen LogP contribution is 2.20. The Morgan fingerprint density at radius 1 is 0.750 bits per heavy atom. The molecule has 4 aromatic heterocycles. The first-order valence-electron chi connectivity index (χ1n) is 7.97. The van der Waals surface area contributed by atoms with Gasteiger partial charge < -0.3 is 14.5 Å². The van der Waals surface area contributed by atoms with Crippen LogP contribution in [-0.2, 0) is 7.05 Å². The Labute approximate surface area is 138 Å². The molecule has 0 aliphatic carbocycles. The molecule has 0 atom stereocenters. The maximum Gasteiger partial charge on any atom is 0.0874 e. The van der Waals surface area contributed by atoms with Crippen LogP contribution in [0.15, 0.2) is 54.6 Å². The number of aryl methyl sites for hydroxylation is 1. The van der Waals surface area contributed by atoms with E-state index in [0.29, 0.717) is 0 Å². The molecule has 5 rings (SSSR count). The lowest BCUT2D eigenvalue weighted by Crippen LogP contribution is -1.88. The lowest BCUT2D eigenvalue weighted by molar-refractivity contribution is 1.01. The molecule has 4 nitrogen and oxygen atoms in total. The molecule has 0 fully saturated rings. The van der Waals surface area contributed by atoms with Crippen molar-refractivity contribution >= 4 is 45.3 Å². The summed E-state index contributed by atoms with van der Waals surface area (Å²) in [7, 11) is 2.07. The van der Waals surface area contributed by atoms with Crippen molar-refractivity contribution in [3.63, 3.8) is 0 Å². The molecular formula is C20H16N4. The normalized spacial score (nSPS) is 12.2. The third-order valence-corrected chi connectivity index (χ3v) is 4.46. The van der Waals surface area contributed by atoms with E-state index in [1.54, 1.807) is 0 Å². The molecule has 1 aliphatic rings. The molecule has 0 unspecified atom stereocenters. The molecule has 0 saturated carbocycles. The van der Waals surface area contributed by atoms with E-state index in [1.807, 2.05) is 0 Å². The molecule has 0 saturated heterocycles. The first-order chi connectivity index (χ1) is 11.7. The Hall–Kier alpha value is -3.27. The first-order valence-corrected chi connectivity index (χ1v) is 7.97. The number of hydrogen-bond acceptors (Lipinski definition) is 1. The van der Waals surface area contributed by atoms with Crippen LogP contribution in [0.1, 0.15) is 11.4 Å². The molecule has 8 bridgehead atoms. The third kappa shape index (κ3) is 2.12. The Balaban J connectivity index is 1.96. The summed E-state index contributed by atoms with van der Waals surface area (Å²) < 4.78 is 2.17. The van der Waals surface area contributed by atoms with Crippen LogP contribution < -0.4 is 0 Å². The van der Waals surface area contributed by atoms with Crippen molar-refractivity contribution in [3.05, 3.63) is 66.0 Å². The molecule has 0 radical (unpaired) electrons. The number of aromatic amines is 2. The van der Waals surface area contributed by atoms with Crippen LogP contribution in [0.2, 0.25) is 0 Å². The van der Waals surface area contributed by atoms with Gasteiger partial charge in [0.05, 0.1) is 16.9 Å². The standard InChI is InChI=1S/C20H16N4/c1-24-18-7-9-20(24)19-8-6-16(23-19)11-15-3-2-13(21-15)10-14-4-5-17(12-18)22-14/h2-12,21-22H,1H3. The summed E-state index contributed by atoms with van der Waals surface area (Å²) >= 11 is 0. The van der Waals surface area contributed by atoms with E-state index in [-0.39, 0.29) is 0 Å². The van der Waals surface area contributed by atoms with Crippen molar-refractivity contribution in [1.82, 2.24) is 19.5 Å². The van der Waals surface area contributed by atoms with Gasteiger partial charge in [-0.15, -0.1) is 0 Å². The fourth-order valence-electron chi connectivity index (χ4n) is 3.21. The van der Waals surface area contributed by atoms with E-state index < -0.39 is 0 Å². The van der Waals surface area contributed by atoms with Gasteiger partial charge in [0.1, 0.15) is 0 Å². The molecule has 0 aromatic carbocycles. The maximum atomic E-state index is 4.75. The van der Waals surface area contributed by atoms with Crippen molar-refractivity contribution in [1.29, 1.82) is 0 Å². The molecule has 24 heavy (non-hydrogen) atoms. The van der Waals surface area contributed by atoms with E-state index in [0.717, 1.165) is 44.5 Å². The van der Waals surface area contributed by atoms with Gasteiger partial charge in [-0.2, -0.15) is 0 Å². The maximum absolute atomic E-state index is 4.75. The second-order valence-corrected chi connectivity index (χ2v) is 6.13. The van der Waals surface area contributed by atoms with Gasteiger partial charge in [-0.1, -0.05) is 0 Å². The van der Waals surface area contributed by atoms with Gasteiger partial charge in [0, 0.05) is 34.6 Å². The van der Waals surface area contributed by atoms with Crippen molar-refractivity contribution in [2.24, 2.45) is 7.05 Å². The van der Waals surface area contributed by atoms with Gasteiger partial charge in [0.25, 0.3) is 0 Å². The second-order valence-electron chi connectivity index (χ2n) is 6.13. The summed E-state index contributed by atoms with van der Waals surface area (Å²) in [5.74, 6) is 0. The Kier molecular flexibility index (Phi) is 2.67. The van der Waals surface area contributed by atoms with E-state index >= 15 is 0 Å². The fourth-order valence-corrected chi connectivity index (χ4v) is 3.21. The summed E-state index contributed by atoms with van der Waals surface area (Å²) in [5, 5.41) is 0. The van der Waals surface area contributed by atoms with Crippen LogP contribution >= 0.6 is 0 Å². The fraction of sp³-hybridized carbons (Fsp3) is 0.0500. The number of hydrogen-bond donors (Lipinski definition) is 2. The predicted molar refractivity (Wildman–Crippen MR) is 99.8 cm³/mol. The Morgan fingerprint density at radius 2 is 1.42 bits per heavy atom. The minimum absolute atomic E-state index is 0.960. The largest absolute Gasteiger partial charge is 0.355 e. The second kappa shape index (κ2) is 4.86.